The first-order chi connectivity index (χ1) is 11.2. The van der Waals surface area contributed by atoms with Crippen LogP contribution in [0.5, 0.6) is 0 Å². The van der Waals surface area contributed by atoms with Crippen LogP contribution < -0.4 is 10.9 Å². The van der Waals surface area contributed by atoms with Crippen molar-refractivity contribution in [2.75, 3.05) is 6.54 Å². The number of aryl methyl sites for hydroxylation is 3. The molecule has 0 unspecified atom stereocenters. The number of aromatic nitrogens is 3. The molecule has 0 saturated carbocycles. The van der Waals surface area contributed by atoms with Crippen LogP contribution in [-0.4, -0.2) is 26.6 Å². The Labute approximate surface area is 135 Å². The Balaban J connectivity index is 1.76. The van der Waals surface area contributed by atoms with Crippen LogP contribution in [-0.2, 0) is 24.2 Å². The molecular formula is C17H24N4O2. The van der Waals surface area contributed by atoms with E-state index < -0.39 is 0 Å². The lowest BCUT2D eigenvalue weighted by molar-refractivity contribution is -0.121. The van der Waals surface area contributed by atoms with Crippen LogP contribution in [0.15, 0.2) is 17.2 Å². The molecule has 0 aliphatic heterocycles. The molecule has 1 aliphatic carbocycles. The molecule has 6 heteroatoms. The Morgan fingerprint density at radius 3 is 2.96 bits per heavy atom. The molecular weight excluding hydrogens is 292 g/mol. The smallest absolute Gasteiger partial charge is 0.276 e. The molecule has 23 heavy (non-hydrogen) atoms. The molecule has 0 fully saturated rings. The SMILES string of the molecule is CCCCNC(=O)CCn1ccn2nc3c(c2c1=O)CCCC3. The number of amides is 1. The molecule has 124 valence electrons. The van der Waals surface area contributed by atoms with E-state index in [1.54, 1.807) is 15.3 Å². The summed E-state index contributed by atoms with van der Waals surface area (Å²) in [4.78, 5) is 24.5. The third-order valence-corrected chi connectivity index (χ3v) is 4.47. The number of unbranched alkanes of at least 4 members (excludes halogenated alkanes) is 1. The van der Waals surface area contributed by atoms with Crippen molar-refractivity contribution >= 4 is 11.4 Å². The number of hydrogen-bond acceptors (Lipinski definition) is 3. The number of hydrogen-bond donors (Lipinski definition) is 1. The van der Waals surface area contributed by atoms with E-state index in [0.717, 1.165) is 49.8 Å². The lowest BCUT2D eigenvalue weighted by Gasteiger charge is -2.09. The fourth-order valence-electron chi connectivity index (χ4n) is 3.15. The second kappa shape index (κ2) is 6.98. The van der Waals surface area contributed by atoms with Gasteiger partial charge in [-0.25, -0.2) is 4.52 Å². The van der Waals surface area contributed by atoms with E-state index in [0.29, 0.717) is 25.0 Å². The molecule has 6 nitrogen and oxygen atoms in total. The summed E-state index contributed by atoms with van der Waals surface area (Å²) in [5.41, 5.74) is 2.81. The van der Waals surface area contributed by atoms with Gasteiger partial charge < -0.3 is 9.88 Å². The summed E-state index contributed by atoms with van der Waals surface area (Å²) in [5.74, 6) is 0.000704. The Kier molecular flexibility index (Phi) is 4.79. The molecule has 0 aromatic carbocycles. The Bertz CT molecular complexity index is 760. The maximum atomic E-state index is 12.7. The largest absolute Gasteiger partial charge is 0.356 e. The van der Waals surface area contributed by atoms with Crippen molar-refractivity contribution in [1.82, 2.24) is 19.5 Å². The normalized spacial score (nSPS) is 14.0. The second-order valence-corrected chi connectivity index (χ2v) is 6.18. The van der Waals surface area contributed by atoms with Crippen molar-refractivity contribution < 1.29 is 4.79 Å². The predicted octanol–water partition coefficient (Wildman–Crippen LogP) is 1.68. The highest BCUT2D eigenvalue weighted by molar-refractivity contribution is 5.75. The number of carbonyl (C=O) groups is 1. The summed E-state index contributed by atoms with van der Waals surface area (Å²) < 4.78 is 3.33. The highest BCUT2D eigenvalue weighted by Crippen LogP contribution is 2.22. The molecule has 2 aromatic rings. The van der Waals surface area contributed by atoms with Gasteiger partial charge in [-0.1, -0.05) is 13.3 Å². The maximum Gasteiger partial charge on any atom is 0.276 e. The minimum absolute atomic E-state index is 0.000704. The molecule has 0 spiro atoms. The standard InChI is InChI=1S/C17H24N4O2/c1-2-3-9-18-15(22)8-10-20-11-12-21-16(17(20)23)13-6-4-5-7-14(13)19-21/h11-12H,2-10H2,1H3,(H,18,22). The van der Waals surface area contributed by atoms with Gasteiger partial charge in [0.15, 0.2) is 0 Å². The number of rotatable bonds is 6. The summed E-state index contributed by atoms with van der Waals surface area (Å²) in [6.45, 7) is 3.21. The van der Waals surface area contributed by atoms with Gasteiger partial charge in [-0.2, -0.15) is 5.10 Å². The monoisotopic (exact) mass is 316 g/mol. The van der Waals surface area contributed by atoms with E-state index in [-0.39, 0.29) is 11.5 Å². The summed E-state index contributed by atoms with van der Waals surface area (Å²) in [5, 5.41) is 7.41. The summed E-state index contributed by atoms with van der Waals surface area (Å²) in [6.07, 6.45) is 10.1. The van der Waals surface area contributed by atoms with Gasteiger partial charge in [-0.3, -0.25) is 9.59 Å². The molecule has 2 aromatic heterocycles. The molecule has 2 heterocycles. The van der Waals surface area contributed by atoms with Crippen LogP contribution in [0.25, 0.3) is 5.52 Å². The molecule has 0 atom stereocenters. The lowest BCUT2D eigenvalue weighted by Crippen LogP contribution is -2.28. The van der Waals surface area contributed by atoms with Crippen molar-refractivity contribution in [3.05, 3.63) is 34.0 Å². The van der Waals surface area contributed by atoms with Crippen LogP contribution >= 0.6 is 0 Å². The van der Waals surface area contributed by atoms with Crippen LogP contribution in [0.3, 0.4) is 0 Å². The molecule has 0 radical (unpaired) electrons. The number of fused-ring (bicyclic) bond motifs is 3. The molecule has 1 amide bonds. The Hall–Kier alpha value is -2.11. The average molecular weight is 316 g/mol. The van der Waals surface area contributed by atoms with Crippen molar-refractivity contribution in [3.63, 3.8) is 0 Å². The van der Waals surface area contributed by atoms with Crippen molar-refractivity contribution in [2.45, 2.75) is 58.4 Å². The average Bonchev–Trinajstić information content (AvgIpc) is 2.93. The topological polar surface area (TPSA) is 68.4 Å². The summed E-state index contributed by atoms with van der Waals surface area (Å²) >= 11 is 0. The zero-order chi connectivity index (χ0) is 16.2. The lowest BCUT2D eigenvalue weighted by atomic mass is 9.97. The molecule has 0 bridgehead atoms. The van der Waals surface area contributed by atoms with Gasteiger partial charge in [0, 0.05) is 37.5 Å². The first kappa shape index (κ1) is 15.8. The quantitative estimate of drug-likeness (QED) is 0.825. The molecule has 3 rings (SSSR count). The first-order valence-corrected chi connectivity index (χ1v) is 8.57. The maximum absolute atomic E-state index is 12.7. The fraction of sp³-hybridized carbons (Fsp3) is 0.588. The van der Waals surface area contributed by atoms with Crippen LogP contribution in [0, 0.1) is 0 Å². The third-order valence-electron chi connectivity index (χ3n) is 4.47. The van der Waals surface area contributed by atoms with Gasteiger partial charge >= 0.3 is 0 Å². The van der Waals surface area contributed by atoms with Crippen LogP contribution in [0.2, 0.25) is 0 Å². The molecule has 0 saturated heterocycles. The number of nitrogens with zero attached hydrogens (tertiary/aromatic N) is 3. The van der Waals surface area contributed by atoms with E-state index in [4.69, 9.17) is 0 Å². The van der Waals surface area contributed by atoms with Crippen LogP contribution in [0.1, 0.15) is 50.3 Å². The van der Waals surface area contributed by atoms with Crippen molar-refractivity contribution in [3.8, 4) is 0 Å². The Morgan fingerprint density at radius 1 is 1.30 bits per heavy atom. The second-order valence-electron chi connectivity index (χ2n) is 6.18. The van der Waals surface area contributed by atoms with E-state index in [1.165, 1.54) is 0 Å². The highest BCUT2D eigenvalue weighted by Gasteiger charge is 2.19. The van der Waals surface area contributed by atoms with E-state index in [9.17, 15) is 9.59 Å². The van der Waals surface area contributed by atoms with E-state index in [1.807, 2.05) is 6.20 Å². The minimum atomic E-state index is -0.0375. The van der Waals surface area contributed by atoms with Gasteiger partial charge in [-0.15, -0.1) is 0 Å². The predicted molar refractivity (Wildman–Crippen MR) is 88.6 cm³/mol. The molecule has 1 aliphatic rings. The van der Waals surface area contributed by atoms with Gasteiger partial charge in [0.2, 0.25) is 5.91 Å². The number of carbonyl (C=O) groups excluding carboxylic acids is 1. The van der Waals surface area contributed by atoms with Gasteiger partial charge in [0.05, 0.1) is 5.69 Å². The minimum Gasteiger partial charge on any atom is -0.356 e. The summed E-state index contributed by atoms with van der Waals surface area (Å²) in [7, 11) is 0. The zero-order valence-corrected chi connectivity index (χ0v) is 13.7. The number of nitrogens with one attached hydrogen (secondary N) is 1. The van der Waals surface area contributed by atoms with Gasteiger partial charge in [0.25, 0.3) is 5.56 Å². The fourth-order valence-corrected chi connectivity index (χ4v) is 3.15. The van der Waals surface area contributed by atoms with Gasteiger partial charge in [0.1, 0.15) is 5.52 Å². The first-order valence-electron chi connectivity index (χ1n) is 8.57. The van der Waals surface area contributed by atoms with Crippen molar-refractivity contribution in [2.24, 2.45) is 0 Å². The van der Waals surface area contributed by atoms with Gasteiger partial charge in [-0.05, 0) is 32.1 Å². The molecule has 1 N–H and O–H groups in total. The Morgan fingerprint density at radius 2 is 2.13 bits per heavy atom. The third kappa shape index (κ3) is 3.30. The zero-order valence-electron chi connectivity index (χ0n) is 13.7. The summed E-state index contributed by atoms with van der Waals surface area (Å²) in [6, 6.07) is 0. The highest BCUT2D eigenvalue weighted by atomic mass is 16.1. The van der Waals surface area contributed by atoms with Crippen molar-refractivity contribution in [1.29, 1.82) is 0 Å². The van der Waals surface area contributed by atoms with E-state index >= 15 is 0 Å². The van der Waals surface area contributed by atoms with Crippen LogP contribution in [0.4, 0.5) is 0 Å². The van der Waals surface area contributed by atoms with E-state index in [2.05, 4.69) is 17.3 Å².